The van der Waals surface area contributed by atoms with Gasteiger partial charge in [0.05, 0.1) is 5.60 Å². The first-order valence-electron chi connectivity index (χ1n) is 5.70. The molecule has 0 spiro atoms. The molecule has 0 atom stereocenters. The van der Waals surface area contributed by atoms with Crippen LogP contribution in [0.1, 0.15) is 46.0 Å². The van der Waals surface area contributed by atoms with Gasteiger partial charge in [-0.1, -0.05) is 13.5 Å². The lowest BCUT2D eigenvalue weighted by Crippen LogP contribution is -2.42. The molecular formula is C12H23NO. The van der Waals surface area contributed by atoms with Crippen molar-refractivity contribution < 1.29 is 5.11 Å². The molecule has 82 valence electrons. The van der Waals surface area contributed by atoms with Crippen molar-refractivity contribution >= 4 is 0 Å². The summed E-state index contributed by atoms with van der Waals surface area (Å²) in [5, 5.41) is 13.7. The van der Waals surface area contributed by atoms with E-state index < -0.39 is 5.60 Å². The van der Waals surface area contributed by atoms with Crippen LogP contribution in [0.5, 0.6) is 0 Å². The van der Waals surface area contributed by atoms with Crippen molar-refractivity contribution in [3.8, 4) is 0 Å². The maximum Gasteiger partial charge on any atom is 0.0852 e. The summed E-state index contributed by atoms with van der Waals surface area (Å²) in [5.74, 6) is 0. The molecule has 1 fully saturated rings. The molecule has 1 saturated carbocycles. The molecule has 2 nitrogen and oxygen atoms in total. The Labute approximate surface area is 87.4 Å². The van der Waals surface area contributed by atoms with Crippen molar-refractivity contribution in [1.29, 1.82) is 0 Å². The molecule has 0 unspecified atom stereocenters. The Bertz CT molecular complexity index is 192. The lowest BCUT2D eigenvalue weighted by molar-refractivity contribution is 0.0312. The second-order valence-corrected chi connectivity index (χ2v) is 4.54. The van der Waals surface area contributed by atoms with E-state index in [2.05, 4.69) is 18.8 Å². The zero-order valence-corrected chi connectivity index (χ0v) is 9.47. The first kappa shape index (κ1) is 11.7. The summed E-state index contributed by atoms with van der Waals surface area (Å²) < 4.78 is 0. The Kier molecular flexibility index (Phi) is 4.14. The quantitative estimate of drug-likeness (QED) is 0.677. The topological polar surface area (TPSA) is 32.3 Å². The van der Waals surface area contributed by atoms with Crippen LogP contribution in [-0.4, -0.2) is 23.3 Å². The van der Waals surface area contributed by atoms with Crippen molar-refractivity contribution in [1.82, 2.24) is 5.32 Å². The third-order valence-electron chi connectivity index (χ3n) is 3.29. The van der Waals surface area contributed by atoms with Gasteiger partial charge in [-0.05, 0) is 51.1 Å². The van der Waals surface area contributed by atoms with Gasteiger partial charge in [0, 0.05) is 6.04 Å². The Morgan fingerprint density at radius 2 is 2.07 bits per heavy atom. The number of hydrogen-bond donors (Lipinski definition) is 2. The van der Waals surface area contributed by atoms with Gasteiger partial charge in [-0.3, -0.25) is 0 Å². The second kappa shape index (κ2) is 4.94. The van der Waals surface area contributed by atoms with Crippen molar-refractivity contribution in [2.24, 2.45) is 0 Å². The van der Waals surface area contributed by atoms with E-state index in [1.165, 1.54) is 6.42 Å². The van der Waals surface area contributed by atoms with E-state index in [0.29, 0.717) is 6.04 Å². The molecule has 1 rings (SSSR count). The van der Waals surface area contributed by atoms with E-state index in [4.69, 9.17) is 0 Å². The maximum absolute atomic E-state index is 10.2. The summed E-state index contributed by atoms with van der Waals surface area (Å²) in [6.45, 7) is 9.07. The molecule has 14 heavy (non-hydrogen) atoms. The van der Waals surface area contributed by atoms with Crippen LogP contribution < -0.4 is 5.32 Å². The lowest BCUT2D eigenvalue weighted by Gasteiger charge is -2.36. The van der Waals surface area contributed by atoms with E-state index in [-0.39, 0.29) is 0 Å². The first-order valence-corrected chi connectivity index (χ1v) is 5.70. The second-order valence-electron chi connectivity index (χ2n) is 4.54. The summed E-state index contributed by atoms with van der Waals surface area (Å²) in [4.78, 5) is 0. The fraction of sp³-hybridized carbons (Fsp3) is 0.833. The fourth-order valence-electron chi connectivity index (χ4n) is 2.07. The Hall–Kier alpha value is -0.340. The van der Waals surface area contributed by atoms with Gasteiger partial charge in [0.1, 0.15) is 0 Å². The largest absolute Gasteiger partial charge is 0.386 e. The van der Waals surface area contributed by atoms with Crippen molar-refractivity contribution in [2.75, 3.05) is 6.54 Å². The van der Waals surface area contributed by atoms with E-state index in [1.807, 2.05) is 6.92 Å². The van der Waals surface area contributed by atoms with Crippen LogP contribution in [0.15, 0.2) is 12.2 Å². The standard InChI is InChI=1S/C12H23NO/c1-4-9-13-11-5-7-12(14,8-6-11)10(2)3/h11,13-14H,2,4-9H2,1,3H3. The third-order valence-corrected chi connectivity index (χ3v) is 3.29. The van der Waals surface area contributed by atoms with Gasteiger partial charge < -0.3 is 10.4 Å². The highest BCUT2D eigenvalue weighted by Crippen LogP contribution is 2.33. The molecule has 0 amide bonds. The Balaban J connectivity index is 2.34. The van der Waals surface area contributed by atoms with E-state index in [9.17, 15) is 5.11 Å². The minimum atomic E-state index is -0.579. The number of aliphatic hydroxyl groups is 1. The van der Waals surface area contributed by atoms with Gasteiger partial charge in [-0.25, -0.2) is 0 Å². The number of rotatable bonds is 4. The number of nitrogens with one attached hydrogen (secondary N) is 1. The van der Waals surface area contributed by atoms with E-state index in [0.717, 1.165) is 37.8 Å². The van der Waals surface area contributed by atoms with Gasteiger partial charge >= 0.3 is 0 Å². The SMILES string of the molecule is C=C(C)C1(O)CCC(NCCC)CC1. The molecule has 0 bridgehead atoms. The van der Waals surface area contributed by atoms with Gasteiger partial charge in [0.2, 0.25) is 0 Å². The van der Waals surface area contributed by atoms with Crippen LogP contribution in [0.3, 0.4) is 0 Å². The molecular weight excluding hydrogens is 174 g/mol. The molecule has 0 aromatic rings. The smallest absolute Gasteiger partial charge is 0.0852 e. The van der Waals surface area contributed by atoms with Crippen molar-refractivity contribution in [2.45, 2.75) is 57.6 Å². The summed E-state index contributed by atoms with van der Waals surface area (Å²) in [6.07, 6.45) is 5.06. The van der Waals surface area contributed by atoms with Crippen LogP contribution in [0.25, 0.3) is 0 Å². The molecule has 2 N–H and O–H groups in total. The average molecular weight is 197 g/mol. The Morgan fingerprint density at radius 1 is 1.50 bits per heavy atom. The third kappa shape index (κ3) is 2.82. The maximum atomic E-state index is 10.2. The zero-order chi connectivity index (χ0) is 10.6. The van der Waals surface area contributed by atoms with Gasteiger partial charge in [0.25, 0.3) is 0 Å². The molecule has 0 saturated heterocycles. The van der Waals surface area contributed by atoms with Crippen LogP contribution in [0, 0.1) is 0 Å². The van der Waals surface area contributed by atoms with Gasteiger partial charge in [-0.2, -0.15) is 0 Å². The zero-order valence-electron chi connectivity index (χ0n) is 9.47. The number of hydrogen-bond acceptors (Lipinski definition) is 2. The van der Waals surface area contributed by atoms with Crippen LogP contribution in [0.2, 0.25) is 0 Å². The van der Waals surface area contributed by atoms with Crippen molar-refractivity contribution in [3.63, 3.8) is 0 Å². The molecule has 0 aliphatic heterocycles. The fourth-order valence-corrected chi connectivity index (χ4v) is 2.07. The van der Waals surface area contributed by atoms with Crippen LogP contribution in [-0.2, 0) is 0 Å². The monoisotopic (exact) mass is 197 g/mol. The summed E-state index contributed by atoms with van der Waals surface area (Å²) in [7, 11) is 0. The van der Waals surface area contributed by atoms with Crippen molar-refractivity contribution in [3.05, 3.63) is 12.2 Å². The molecule has 1 aliphatic rings. The van der Waals surface area contributed by atoms with Crippen LogP contribution in [0.4, 0.5) is 0 Å². The van der Waals surface area contributed by atoms with Gasteiger partial charge in [0.15, 0.2) is 0 Å². The first-order chi connectivity index (χ1) is 6.58. The minimum absolute atomic E-state index is 0.579. The van der Waals surface area contributed by atoms with Gasteiger partial charge in [-0.15, -0.1) is 0 Å². The average Bonchev–Trinajstić information content (AvgIpc) is 2.17. The summed E-state index contributed by atoms with van der Waals surface area (Å²) in [6, 6.07) is 0.606. The normalized spacial score (nSPS) is 32.9. The molecule has 0 aromatic heterocycles. The predicted molar refractivity (Wildman–Crippen MR) is 60.3 cm³/mol. The molecule has 0 radical (unpaired) electrons. The lowest BCUT2D eigenvalue weighted by atomic mass is 9.78. The summed E-state index contributed by atoms with van der Waals surface area (Å²) >= 11 is 0. The van der Waals surface area contributed by atoms with Crippen LogP contribution >= 0.6 is 0 Å². The predicted octanol–water partition coefficient (Wildman–Crippen LogP) is 2.24. The highest BCUT2D eigenvalue weighted by Gasteiger charge is 2.33. The highest BCUT2D eigenvalue weighted by molar-refractivity contribution is 5.11. The molecule has 2 heteroatoms. The molecule has 0 aromatic carbocycles. The van der Waals surface area contributed by atoms with E-state index in [1.54, 1.807) is 0 Å². The highest BCUT2D eigenvalue weighted by atomic mass is 16.3. The Morgan fingerprint density at radius 3 is 2.50 bits per heavy atom. The molecule has 1 aliphatic carbocycles. The minimum Gasteiger partial charge on any atom is -0.386 e. The van der Waals surface area contributed by atoms with E-state index >= 15 is 0 Å². The summed E-state index contributed by atoms with van der Waals surface area (Å²) in [5.41, 5.74) is 0.344. The molecule has 0 heterocycles.